The van der Waals surface area contributed by atoms with E-state index in [0.29, 0.717) is 17.7 Å². The zero-order chi connectivity index (χ0) is 13.6. The molecule has 0 aromatic rings. The first-order valence-electron chi connectivity index (χ1n) is 5.89. The van der Waals surface area contributed by atoms with Crippen molar-refractivity contribution < 1.29 is 14.6 Å². The minimum atomic E-state index is -0.607. The average molecular weight is 310 g/mol. The van der Waals surface area contributed by atoms with Crippen molar-refractivity contribution in [3.63, 3.8) is 0 Å². The van der Waals surface area contributed by atoms with Gasteiger partial charge >= 0.3 is 6.09 Å². The Labute approximate surface area is 112 Å². The van der Waals surface area contributed by atoms with Gasteiger partial charge in [0, 0.05) is 5.33 Å². The quantitative estimate of drug-likeness (QED) is 0.768. The maximum Gasteiger partial charge on any atom is 0.407 e. The molecule has 4 nitrogen and oxygen atoms in total. The summed E-state index contributed by atoms with van der Waals surface area (Å²) >= 11 is 3.21. The van der Waals surface area contributed by atoms with Gasteiger partial charge in [-0.25, -0.2) is 4.79 Å². The average Bonchev–Trinajstić information content (AvgIpc) is 2.11. The molecule has 0 heterocycles. The van der Waals surface area contributed by atoms with Gasteiger partial charge < -0.3 is 15.2 Å². The number of carbonyl (C=O) groups is 1. The Kier molecular flexibility index (Phi) is 7.09. The Morgan fingerprint density at radius 3 is 2.29 bits per heavy atom. The number of halogens is 1. The smallest absolute Gasteiger partial charge is 0.407 e. The van der Waals surface area contributed by atoms with Crippen LogP contribution in [0.15, 0.2) is 0 Å². The highest BCUT2D eigenvalue weighted by Gasteiger charge is 2.24. The summed E-state index contributed by atoms with van der Waals surface area (Å²) in [6.45, 7) is 9.52. The van der Waals surface area contributed by atoms with E-state index >= 15 is 0 Å². The maximum absolute atomic E-state index is 11.6. The summed E-state index contributed by atoms with van der Waals surface area (Å²) in [5, 5.41) is 12.9. The second-order valence-electron chi connectivity index (χ2n) is 5.60. The van der Waals surface area contributed by atoms with Gasteiger partial charge in [0.05, 0.1) is 12.1 Å². The molecule has 0 radical (unpaired) electrons. The molecule has 0 bridgehead atoms. The molecule has 0 saturated heterocycles. The van der Waals surface area contributed by atoms with Gasteiger partial charge in [-0.2, -0.15) is 0 Å². The standard InChI is InChI=1S/C12H24BrNO3/c1-8(2)6-9(10(15)7-13)14-11(16)17-12(3,4)5/h8-10,15H,6-7H2,1-5H3,(H,14,16)/t9-,10+/m0/s1. The molecule has 102 valence electrons. The molecule has 0 aliphatic rings. The lowest BCUT2D eigenvalue weighted by molar-refractivity contribution is 0.0427. The second-order valence-corrected chi connectivity index (χ2v) is 6.25. The van der Waals surface area contributed by atoms with Crippen molar-refractivity contribution in [1.82, 2.24) is 5.32 Å². The van der Waals surface area contributed by atoms with Gasteiger partial charge in [-0.05, 0) is 33.1 Å². The van der Waals surface area contributed by atoms with E-state index in [2.05, 4.69) is 21.2 Å². The lowest BCUT2D eigenvalue weighted by Crippen LogP contribution is -2.46. The molecule has 0 aliphatic carbocycles. The van der Waals surface area contributed by atoms with E-state index in [-0.39, 0.29) is 6.04 Å². The van der Waals surface area contributed by atoms with Crippen molar-refractivity contribution in [2.24, 2.45) is 5.92 Å². The summed E-state index contributed by atoms with van der Waals surface area (Å²) in [5.41, 5.74) is -0.522. The second kappa shape index (κ2) is 7.21. The molecule has 0 aromatic carbocycles. The van der Waals surface area contributed by atoms with Crippen LogP contribution in [-0.4, -0.2) is 34.3 Å². The van der Waals surface area contributed by atoms with E-state index in [1.807, 2.05) is 34.6 Å². The van der Waals surface area contributed by atoms with Gasteiger partial charge in [0.25, 0.3) is 0 Å². The highest BCUT2D eigenvalue weighted by molar-refractivity contribution is 9.09. The molecular weight excluding hydrogens is 286 g/mol. The molecule has 0 saturated carbocycles. The summed E-state index contributed by atoms with van der Waals surface area (Å²) in [7, 11) is 0. The predicted molar refractivity (Wildman–Crippen MR) is 72.4 cm³/mol. The van der Waals surface area contributed by atoms with Crippen LogP contribution in [0.1, 0.15) is 41.0 Å². The monoisotopic (exact) mass is 309 g/mol. The summed E-state index contributed by atoms with van der Waals surface area (Å²) in [6, 6.07) is -0.288. The topological polar surface area (TPSA) is 58.6 Å². The third kappa shape index (κ3) is 8.44. The summed E-state index contributed by atoms with van der Waals surface area (Å²) in [5.74, 6) is 0.392. The largest absolute Gasteiger partial charge is 0.444 e. The fourth-order valence-corrected chi connectivity index (χ4v) is 1.84. The van der Waals surface area contributed by atoms with Crippen molar-refractivity contribution in [2.45, 2.75) is 58.8 Å². The normalized spacial score (nSPS) is 15.5. The van der Waals surface area contributed by atoms with Crippen LogP contribution in [0.3, 0.4) is 0 Å². The van der Waals surface area contributed by atoms with Crippen molar-refractivity contribution in [3.05, 3.63) is 0 Å². The van der Waals surface area contributed by atoms with E-state index in [1.54, 1.807) is 0 Å². The van der Waals surface area contributed by atoms with Crippen LogP contribution in [0.4, 0.5) is 4.79 Å². The first-order valence-corrected chi connectivity index (χ1v) is 7.01. The van der Waals surface area contributed by atoms with Crippen LogP contribution in [-0.2, 0) is 4.74 Å². The Hall–Kier alpha value is -0.290. The molecule has 0 fully saturated rings. The molecular formula is C12H24BrNO3. The molecule has 5 heteroatoms. The van der Waals surface area contributed by atoms with Crippen molar-refractivity contribution in [3.8, 4) is 0 Å². The SMILES string of the molecule is CC(C)C[C@H](NC(=O)OC(C)(C)C)[C@H](O)CBr. The van der Waals surface area contributed by atoms with Crippen molar-refractivity contribution in [1.29, 1.82) is 0 Å². The van der Waals surface area contributed by atoms with E-state index < -0.39 is 17.8 Å². The minimum absolute atomic E-state index is 0.288. The number of aliphatic hydroxyl groups is 1. The van der Waals surface area contributed by atoms with Gasteiger partial charge in [0.2, 0.25) is 0 Å². The number of hydrogen-bond donors (Lipinski definition) is 2. The number of carbonyl (C=O) groups excluding carboxylic acids is 1. The summed E-state index contributed by atoms with van der Waals surface area (Å²) in [4.78, 5) is 11.6. The number of amides is 1. The Balaban J connectivity index is 4.37. The van der Waals surface area contributed by atoms with E-state index in [1.165, 1.54) is 0 Å². The van der Waals surface area contributed by atoms with Crippen molar-refractivity contribution >= 4 is 22.0 Å². The van der Waals surface area contributed by atoms with Crippen LogP contribution in [0, 0.1) is 5.92 Å². The van der Waals surface area contributed by atoms with Gasteiger partial charge in [-0.1, -0.05) is 29.8 Å². The number of hydrogen-bond acceptors (Lipinski definition) is 3. The Morgan fingerprint density at radius 1 is 1.41 bits per heavy atom. The third-order valence-corrected chi connectivity index (χ3v) is 2.71. The number of alkyl carbamates (subject to hydrolysis) is 1. The van der Waals surface area contributed by atoms with E-state index in [0.717, 1.165) is 0 Å². The molecule has 0 aliphatic heterocycles. The van der Waals surface area contributed by atoms with Crippen LogP contribution < -0.4 is 5.32 Å². The molecule has 0 aromatic heterocycles. The minimum Gasteiger partial charge on any atom is -0.444 e. The lowest BCUT2D eigenvalue weighted by Gasteiger charge is -2.27. The molecule has 2 N–H and O–H groups in total. The molecule has 2 atom stereocenters. The predicted octanol–water partition coefficient (Wildman–Crippen LogP) is 2.68. The number of aliphatic hydroxyl groups excluding tert-OH is 1. The Bertz CT molecular complexity index is 238. The number of nitrogens with one attached hydrogen (secondary N) is 1. The van der Waals surface area contributed by atoms with Crippen LogP contribution in [0.2, 0.25) is 0 Å². The van der Waals surface area contributed by atoms with Crippen LogP contribution in [0.25, 0.3) is 0 Å². The molecule has 0 spiro atoms. The van der Waals surface area contributed by atoms with Crippen molar-refractivity contribution in [2.75, 3.05) is 5.33 Å². The highest BCUT2D eigenvalue weighted by Crippen LogP contribution is 2.12. The molecule has 0 unspecified atom stereocenters. The fraction of sp³-hybridized carbons (Fsp3) is 0.917. The van der Waals surface area contributed by atoms with Gasteiger partial charge in [0.1, 0.15) is 5.60 Å². The van der Waals surface area contributed by atoms with Gasteiger partial charge in [0.15, 0.2) is 0 Å². The van der Waals surface area contributed by atoms with Crippen LogP contribution in [0.5, 0.6) is 0 Å². The molecule has 0 rings (SSSR count). The first kappa shape index (κ1) is 16.7. The molecule has 17 heavy (non-hydrogen) atoms. The number of rotatable bonds is 5. The molecule has 1 amide bonds. The maximum atomic E-state index is 11.6. The third-order valence-electron chi connectivity index (χ3n) is 2.05. The first-order chi connectivity index (χ1) is 7.65. The van der Waals surface area contributed by atoms with Crippen LogP contribution >= 0.6 is 15.9 Å². The number of ether oxygens (including phenoxy) is 1. The highest BCUT2D eigenvalue weighted by atomic mass is 79.9. The van der Waals surface area contributed by atoms with Gasteiger partial charge in [-0.3, -0.25) is 0 Å². The van der Waals surface area contributed by atoms with E-state index in [9.17, 15) is 9.90 Å². The zero-order valence-corrected chi connectivity index (χ0v) is 12.9. The number of alkyl halides is 1. The Morgan fingerprint density at radius 2 is 1.94 bits per heavy atom. The summed E-state index contributed by atoms with van der Waals surface area (Å²) in [6.07, 6.45) is -0.375. The van der Waals surface area contributed by atoms with Gasteiger partial charge in [-0.15, -0.1) is 0 Å². The van der Waals surface area contributed by atoms with E-state index in [4.69, 9.17) is 4.74 Å². The fourth-order valence-electron chi connectivity index (χ4n) is 1.39. The zero-order valence-electron chi connectivity index (χ0n) is 11.3. The lowest BCUT2D eigenvalue weighted by atomic mass is 10.0. The summed E-state index contributed by atoms with van der Waals surface area (Å²) < 4.78 is 5.17.